The zero-order valence-corrected chi connectivity index (χ0v) is 32.4. The van der Waals surface area contributed by atoms with Gasteiger partial charge in [0.2, 0.25) is 8.32 Å². The van der Waals surface area contributed by atoms with Gasteiger partial charge in [0, 0.05) is 18.4 Å². The van der Waals surface area contributed by atoms with E-state index in [-0.39, 0.29) is 22.9 Å². The fourth-order valence-corrected chi connectivity index (χ4v) is 13.2. The van der Waals surface area contributed by atoms with Crippen LogP contribution in [-0.4, -0.2) is 50.2 Å². The first kappa shape index (κ1) is 34.5. The van der Waals surface area contributed by atoms with Crippen molar-refractivity contribution in [2.24, 2.45) is 46.3 Å². The van der Waals surface area contributed by atoms with Crippen molar-refractivity contribution in [1.29, 1.82) is 0 Å². The summed E-state index contributed by atoms with van der Waals surface area (Å²) < 4.78 is 26.2. The third-order valence-corrected chi connectivity index (χ3v) is 14.4. The Hall–Kier alpha value is -0.419. The number of allylic oxidation sites excluding steroid dienone is 2. The smallest absolute Gasteiger partial charge is 0.305 e. The molecule has 10 atom stereocenters. The molecule has 0 bridgehead atoms. The molecule has 0 spiro atoms. The highest BCUT2D eigenvalue weighted by molar-refractivity contribution is 6.70. The summed E-state index contributed by atoms with van der Waals surface area (Å²) in [6.07, 6.45) is 11.7. The maximum Gasteiger partial charge on any atom is 0.305 e. The van der Waals surface area contributed by atoms with E-state index in [0.29, 0.717) is 48.0 Å². The van der Waals surface area contributed by atoms with Crippen LogP contribution >= 0.6 is 0 Å². The van der Waals surface area contributed by atoms with Crippen LogP contribution in [0.4, 0.5) is 0 Å². The molecule has 0 aromatic heterocycles. The summed E-state index contributed by atoms with van der Waals surface area (Å²) in [5.41, 5.74) is 0.313. The van der Waals surface area contributed by atoms with Crippen LogP contribution in [0.3, 0.4) is 0 Å². The number of hydrogen-bond donors (Lipinski definition) is 0. The van der Waals surface area contributed by atoms with Crippen LogP contribution in [0.1, 0.15) is 72.1 Å². The Bertz CT molecular complexity index is 1010. The number of methoxy groups -OCH3 is 1. The summed E-state index contributed by atoms with van der Waals surface area (Å²) in [5, 5.41) is 0. The fourth-order valence-electron chi connectivity index (χ4n) is 9.85. The largest absolute Gasteiger partial charge is 0.547 e. The van der Waals surface area contributed by atoms with Gasteiger partial charge in [0.1, 0.15) is 0 Å². The number of hydrogen-bond acceptors (Lipinski definition) is 5. The van der Waals surface area contributed by atoms with Gasteiger partial charge < -0.3 is 18.0 Å². The average Bonchev–Trinajstić information content (AvgIpc) is 3.19. The van der Waals surface area contributed by atoms with Gasteiger partial charge in [-0.05, 0) is 150 Å². The second kappa shape index (κ2) is 12.1. The van der Waals surface area contributed by atoms with E-state index in [9.17, 15) is 4.79 Å². The number of esters is 1. The van der Waals surface area contributed by atoms with Crippen LogP contribution < -0.4 is 0 Å². The third kappa shape index (κ3) is 7.18. The maximum absolute atomic E-state index is 12.1. The van der Waals surface area contributed by atoms with E-state index in [1.807, 2.05) is 0 Å². The van der Waals surface area contributed by atoms with Crippen molar-refractivity contribution >= 4 is 30.9 Å². The predicted octanol–water partition coefficient (Wildman–Crippen LogP) is 9.24. The van der Waals surface area contributed by atoms with Gasteiger partial charge in [-0.1, -0.05) is 20.8 Å². The number of ether oxygens (including phenoxy) is 1. The zero-order chi connectivity index (χ0) is 31.5. The molecule has 0 heterocycles. The van der Waals surface area contributed by atoms with Crippen molar-refractivity contribution < 1.29 is 22.8 Å². The molecule has 0 aromatic rings. The van der Waals surface area contributed by atoms with Crippen LogP contribution in [0.5, 0.6) is 0 Å². The van der Waals surface area contributed by atoms with Gasteiger partial charge in [0.25, 0.3) is 0 Å². The third-order valence-electron chi connectivity index (χ3n) is 11.5. The van der Waals surface area contributed by atoms with E-state index in [2.05, 4.69) is 85.8 Å². The standard InChI is InChI=1S/C34H64O5Si3/c1-23(14-17-31(35)36-4)26-15-16-27-32-28(22-30(34(26,27)3)39-42(11,12)13)33(2)19-18-25(37-40(5,6)7)20-24(33)21-29(32)38-41(8,9)10/h21,23-28,30,32H,14-20,22H2,1-13H3/t23-,24+,25-,26-,27+,28+,30+,32+,33+,34-/m1/s1. The summed E-state index contributed by atoms with van der Waals surface area (Å²) in [5.74, 6) is 4.28. The van der Waals surface area contributed by atoms with Gasteiger partial charge >= 0.3 is 5.97 Å². The molecule has 8 heteroatoms. The number of fused-ring (bicyclic) bond motifs is 5. The van der Waals surface area contributed by atoms with Crippen LogP contribution in [-0.2, 0) is 22.8 Å². The molecule has 4 aliphatic carbocycles. The van der Waals surface area contributed by atoms with Gasteiger partial charge in [-0.3, -0.25) is 4.79 Å². The molecule has 4 rings (SSSR count). The first-order chi connectivity index (χ1) is 19.2. The lowest BCUT2D eigenvalue weighted by atomic mass is 9.45. The van der Waals surface area contributed by atoms with Crippen molar-refractivity contribution in [1.82, 2.24) is 0 Å². The summed E-state index contributed by atoms with van der Waals surface area (Å²) in [7, 11) is -3.72. The van der Waals surface area contributed by atoms with Crippen LogP contribution in [0.25, 0.3) is 0 Å². The van der Waals surface area contributed by atoms with E-state index in [4.69, 9.17) is 18.0 Å². The van der Waals surface area contributed by atoms with Gasteiger partial charge in [-0.25, -0.2) is 0 Å². The highest BCUT2D eigenvalue weighted by Gasteiger charge is 2.66. The maximum atomic E-state index is 12.1. The lowest BCUT2D eigenvalue weighted by Crippen LogP contribution is -2.61. The van der Waals surface area contributed by atoms with Gasteiger partial charge in [0.15, 0.2) is 16.6 Å². The van der Waals surface area contributed by atoms with Crippen molar-refractivity contribution in [2.45, 2.75) is 143 Å². The van der Waals surface area contributed by atoms with Crippen LogP contribution in [0.2, 0.25) is 58.9 Å². The van der Waals surface area contributed by atoms with E-state index in [1.165, 1.54) is 38.6 Å². The molecule has 0 aliphatic heterocycles. The zero-order valence-electron chi connectivity index (χ0n) is 29.4. The molecule has 42 heavy (non-hydrogen) atoms. The number of carbonyl (C=O) groups is 1. The quantitative estimate of drug-likeness (QED) is 0.177. The first-order valence-corrected chi connectivity index (χ1v) is 27.2. The lowest BCUT2D eigenvalue weighted by molar-refractivity contribution is -0.148. The van der Waals surface area contributed by atoms with Crippen molar-refractivity contribution in [3.05, 3.63) is 11.8 Å². The second-order valence-electron chi connectivity index (χ2n) is 17.9. The van der Waals surface area contributed by atoms with Gasteiger partial charge in [-0.2, -0.15) is 0 Å². The minimum atomic E-state index is -1.82. The molecule has 0 N–H and O–H groups in total. The molecule has 0 saturated heterocycles. The van der Waals surface area contributed by atoms with Crippen LogP contribution in [0.15, 0.2) is 11.8 Å². The minimum Gasteiger partial charge on any atom is -0.547 e. The SMILES string of the molecule is COC(=O)CC[C@@H](C)[C@H]1CC[C@H]2[C@@H]3C(O[Si](C)(C)C)=C[C@@H]4C[C@H](O[Si](C)(C)C)CC[C@]4(C)[C@H]3C[C@H](O[Si](C)(C)C)[C@]12C. The molecular weight excluding hydrogens is 573 g/mol. The summed E-state index contributed by atoms with van der Waals surface area (Å²) in [6, 6.07) is 0. The molecule has 4 aliphatic rings. The highest BCUT2D eigenvalue weighted by atomic mass is 28.4. The molecule has 3 fully saturated rings. The Balaban J connectivity index is 1.76. The summed E-state index contributed by atoms with van der Waals surface area (Å²) >= 11 is 0. The highest BCUT2D eigenvalue weighted by Crippen LogP contribution is 2.69. The Kier molecular flexibility index (Phi) is 9.90. The van der Waals surface area contributed by atoms with Crippen molar-refractivity contribution in [3.8, 4) is 0 Å². The van der Waals surface area contributed by atoms with Gasteiger partial charge in [-0.15, -0.1) is 0 Å². The van der Waals surface area contributed by atoms with Gasteiger partial charge in [0.05, 0.1) is 19.0 Å². The second-order valence-corrected chi connectivity index (χ2v) is 31.2. The molecule has 0 aromatic carbocycles. The van der Waals surface area contributed by atoms with Crippen molar-refractivity contribution in [2.75, 3.05) is 7.11 Å². The molecule has 5 nitrogen and oxygen atoms in total. The molecule has 242 valence electrons. The Labute approximate surface area is 261 Å². The van der Waals surface area contributed by atoms with Crippen LogP contribution in [0, 0.1) is 46.3 Å². The predicted molar refractivity (Wildman–Crippen MR) is 181 cm³/mol. The van der Waals surface area contributed by atoms with E-state index in [1.54, 1.807) is 0 Å². The monoisotopic (exact) mass is 636 g/mol. The lowest BCUT2D eigenvalue weighted by Gasteiger charge is -2.63. The number of carbonyl (C=O) groups excluding carboxylic acids is 1. The Morgan fingerprint density at radius 3 is 2.12 bits per heavy atom. The molecule has 3 saturated carbocycles. The fraction of sp³-hybridized carbons (Fsp3) is 0.912. The topological polar surface area (TPSA) is 54.0 Å². The molecule has 0 amide bonds. The molecular formula is C34H64O5Si3. The van der Waals surface area contributed by atoms with E-state index < -0.39 is 25.0 Å². The van der Waals surface area contributed by atoms with Crippen molar-refractivity contribution in [3.63, 3.8) is 0 Å². The average molecular weight is 637 g/mol. The normalized spacial score (nSPS) is 39.5. The molecule has 0 radical (unpaired) electrons. The Morgan fingerprint density at radius 2 is 1.55 bits per heavy atom. The van der Waals surface area contributed by atoms with E-state index in [0.717, 1.165) is 19.3 Å². The minimum absolute atomic E-state index is 0.0697. The Morgan fingerprint density at radius 1 is 0.905 bits per heavy atom. The summed E-state index contributed by atoms with van der Waals surface area (Å²) in [4.78, 5) is 12.1. The van der Waals surface area contributed by atoms with E-state index >= 15 is 0 Å². The first-order valence-electron chi connectivity index (χ1n) is 17.0. The summed E-state index contributed by atoms with van der Waals surface area (Å²) in [6.45, 7) is 28.7. The molecule has 0 unspecified atom stereocenters. The number of rotatable bonds is 10.